The minimum Gasteiger partial charge on any atom is -0.497 e. The van der Waals surface area contributed by atoms with Gasteiger partial charge in [-0.3, -0.25) is 14.4 Å². The maximum Gasteiger partial charge on any atom is 0.216 e. The van der Waals surface area contributed by atoms with Crippen LogP contribution >= 0.6 is 0 Å². The third kappa shape index (κ3) is 3.10. The number of benzene rings is 2. The highest BCUT2D eigenvalue weighted by Crippen LogP contribution is 2.34. The SMILES string of the molecule is COc1cccc(C2NC3=NCN(CCCO)CN3c3nc4ccccc4n32)c1. The molecule has 8 heteroatoms. The minimum atomic E-state index is -0.133. The fourth-order valence-electron chi connectivity index (χ4n) is 3.99. The van der Waals surface area contributed by atoms with E-state index in [0.29, 0.717) is 13.3 Å². The van der Waals surface area contributed by atoms with Gasteiger partial charge in [-0.2, -0.15) is 0 Å². The molecule has 1 atom stereocenters. The van der Waals surface area contributed by atoms with Crippen molar-refractivity contribution in [3.8, 4) is 5.75 Å². The molecular weight excluding hydrogens is 368 g/mol. The molecule has 8 nitrogen and oxygen atoms in total. The van der Waals surface area contributed by atoms with E-state index in [4.69, 9.17) is 14.7 Å². The zero-order valence-electron chi connectivity index (χ0n) is 16.3. The molecule has 0 aliphatic carbocycles. The molecule has 0 spiro atoms. The van der Waals surface area contributed by atoms with Gasteiger partial charge in [0.15, 0.2) is 0 Å². The first-order valence-electron chi connectivity index (χ1n) is 9.81. The molecule has 29 heavy (non-hydrogen) atoms. The third-order valence-corrected chi connectivity index (χ3v) is 5.40. The smallest absolute Gasteiger partial charge is 0.216 e. The van der Waals surface area contributed by atoms with Crippen LogP contribution in [0.25, 0.3) is 11.0 Å². The fourth-order valence-corrected chi connectivity index (χ4v) is 3.99. The normalized spacial score (nSPS) is 18.8. The van der Waals surface area contributed by atoms with Crippen molar-refractivity contribution >= 4 is 22.9 Å². The van der Waals surface area contributed by atoms with E-state index in [1.807, 2.05) is 36.4 Å². The number of aliphatic hydroxyl groups is 1. The predicted molar refractivity (Wildman–Crippen MR) is 112 cm³/mol. The molecule has 0 bridgehead atoms. The molecule has 0 saturated carbocycles. The zero-order valence-corrected chi connectivity index (χ0v) is 16.3. The lowest BCUT2D eigenvalue weighted by Gasteiger charge is -2.41. The van der Waals surface area contributed by atoms with Crippen LogP contribution in [0.4, 0.5) is 5.95 Å². The summed E-state index contributed by atoms with van der Waals surface area (Å²) in [7, 11) is 1.68. The standard InChI is InChI=1S/C21H24N6O2/c1-29-16-7-4-6-15(12-16)19-24-20-22-13-25(10-5-11-28)14-26(20)21-23-17-8-2-3-9-18(17)27(19)21/h2-4,6-9,12,19,28H,5,10-11,13-14H2,1H3,(H,22,24). The van der Waals surface area contributed by atoms with E-state index in [1.165, 1.54) is 0 Å². The summed E-state index contributed by atoms with van der Waals surface area (Å²) in [6, 6.07) is 16.3. The molecule has 3 aromatic rings. The number of aliphatic hydroxyl groups excluding tert-OH is 1. The summed E-state index contributed by atoms with van der Waals surface area (Å²) >= 11 is 0. The van der Waals surface area contributed by atoms with Crippen LogP contribution in [-0.2, 0) is 0 Å². The number of nitrogens with zero attached hydrogens (tertiary/aromatic N) is 5. The molecule has 2 aromatic carbocycles. The lowest BCUT2D eigenvalue weighted by molar-refractivity contribution is 0.223. The van der Waals surface area contributed by atoms with E-state index in [9.17, 15) is 5.11 Å². The highest BCUT2D eigenvalue weighted by Gasteiger charge is 2.35. The quantitative estimate of drug-likeness (QED) is 0.691. The van der Waals surface area contributed by atoms with Gasteiger partial charge in [-0.25, -0.2) is 9.98 Å². The summed E-state index contributed by atoms with van der Waals surface area (Å²) in [6.45, 7) is 2.26. The van der Waals surface area contributed by atoms with Gasteiger partial charge in [-0.1, -0.05) is 24.3 Å². The van der Waals surface area contributed by atoms with E-state index >= 15 is 0 Å². The van der Waals surface area contributed by atoms with Gasteiger partial charge in [0.1, 0.15) is 11.9 Å². The number of para-hydroxylation sites is 2. The maximum atomic E-state index is 9.17. The number of methoxy groups -OCH3 is 1. The van der Waals surface area contributed by atoms with Gasteiger partial charge in [0.05, 0.1) is 31.5 Å². The molecule has 0 radical (unpaired) electrons. The fraction of sp³-hybridized carbons (Fsp3) is 0.333. The number of aromatic nitrogens is 2. The summed E-state index contributed by atoms with van der Waals surface area (Å²) in [5.41, 5.74) is 3.10. The van der Waals surface area contributed by atoms with Crippen LogP contribution in [0.3, 0.4) is 0 Å². The Bertz CT molecular complexity index is 1060. The van der Waals surface area contributed by atoms with E-state index < -0.39 is 0 Å². The van der Waals surface area contributed by atoms with Crippen molar-refractivity contribution in [2.24, 2.45) is 4.99 Å². The number of rotatable bonds is 5. The first kappa shape index (κ1) is 18.0. The number of nitrogens with one attached hydrogen (secondary N) is 1. The number of fused-ring (bicyclic) bond motifs is 5. The molecule has 150 valence electrons. The van der Waals surface area contributed by atoms with Crippen LogP contribution in [0.5, 0.6) is 5.75 Å². The van der Waals surface area contributed by atoms with Crippen LogP contribution < -0.4 is 15.0 Å². The van der Waals surface area contributed by atoms with Crippen LogP contribution in [0.1, 0.15) is 18.2 Å². The van der Waals surface area contributed by atoms with Crippen molar-refractivity contribution in [1.29, 1.82) is 0 Å². The van der Waals surface area contributed by atoms with Crippen molar-refractivity contribution in [2.45, 2.75) is 12.6 Å². The molecule has 1 aromatic heterocycles. The average molecular weight is 392 g/mol. The van der Waals surface area contributed by atoms with Gasteiger partial charge in [-0.05, 0) is 36.2 Å². The topological polar surface area (TPSA) is 78.2 Å². The van der Waals surface area contributed by atoms with Crippen LogP contribution in [-0.4, -0.2) is 59.1 Å². The monoisotopic (exact) mass is 392 g/mol. The first-order valence-corrected chi connectivity index (χ1v) is 9.81. The Balaban J connectivity index is 1.62. The predicted octanol–water partition coefficient (Wildman–Crippen LogP) is 1.97. The summed E-state index contributed by atoms with van der Waals surface area (Å²) in [5.74, 6) is 2.50. The summed E-state index contributed by atoms with van der Waals surface area (Å²) in [4.78, 5) is 14.0. The molecular formula is C21H24N6O2. The molecule has 1 unspecified atom stereocenters. The van der Waals surface area contributed by atoms with Crippen molar-refractivity contribution in [3.05, 3.63) is 54.1 Å². The highest BCUT2D eigenvalue weighted by atomic mass is 16.5. The molecule has 0 saturated heterocycles. The first-order chi connectivity index (χ1) is 14.3. The Hall–Kier alpha value is -3.10. The molecule has 2 aliphatic rings. The van der Waals surface area contributed by atoms with Crippen molar-refractivity contribution in [3.63, 3.8) is 0 Å². The van der Waals surface area contributed by atoms with E-state index in [0.717, 1.165) is 47.2 Å². The number of hydrogen-bond donors (Lipinski definition) is 2. The van der Waals surface area contributed by atoms with Gasteiger partial charge < -0.3 is 15.2 Å². The Labute approximate surface area is 169 Å². The van der Waals surface area contributed by atoms with Crippen molar-refractivity contribution < 1.29 is 9.84 Å². The second kappa shape index (κ2) is 7.38. The number of aliphatic imine (C=N–C) groups is 1. The van der Waals surface area contributed by atoms with Crippen LogP contribution in [0, 0.1) is 0 Å². The van der Waals surface area contributed by atoms with Crippen molar-refractivity contribution in [1.82, 2.24) is 19.8 Å². The third-order valence-electron chi connectivity index (χ3n) is 5.40. The lowest BCUT2D eigenvalue weighted by Crippen LogP contribution is -2.57. The Morgan fingerprint density at radius 3 is 2.97 bits per heavy atom. The van der Waals surface area contributed by atoms with E-state index in [2.05, 4.69) is 31.8 Å². The second-order valence-corrected chi connectivity index (χ2v) is 7.26. The molecule has 0 fully saturated rings. The van der Waals surface area contributed by atoms with Gasteiger partial charge in [-0.15, -0.1) is 0 Å². The molecule has 0 amide bonds. The molecule has 2 aliphatic heterocycles. The van der Waals surface area contributed by atoms with E-state index in [1.54, 1.807) is 7.11 Å². The number of hydrogen-bond acceptors (Lipinski definition) is 7. The molecule has 2 N–H and O–H groups in total. The van der Waals surface area contributed by atoms with Gasteiger partial charge in [0.2, 0.25) is 11.9 Å². The second-order valence-electron chi connectivity index (χ2n) is 7.26. The summed E-state index contributed by atoms with van der Waals surface area (Å²) < 4.78 is 7.66. The maximum absolute atomic E-state index is 9.17. The van der Waals surface area contributed by atoms with Crippen LogP contribution in [0.15, 0.2) is 53.5 Å². The number of ether oxygens (including phenoxy) is 1. The Kier molecular flexibility index (Phi) is 4.57. The lowest BCUT2D eigenvalue weighted by atomic mass is 10.1. The zero-order chi connectivity index (χ0) is 19.8. The van der Waals surface area contributed by atoms with Crippen molar-refractivity contribution in [2.75, 3.05) is 38.5 Å². The molecule has 3 heterocycles. The van der Waals surface area contributed by atoms with Gasteiger partial charge in [0.25, 0.3) is 0 Å². The summed E-state index contributed by atoms with van der Waals surface area (Å²) in [6.07, 6.45) is 0.598. The van der Waals surface area contributed by atoms with E-state index in [-0.39, 0.29) is 12.8 Å². The van der Waals surface area contributed by atoms with Crippen LogP contribution in [0.2, 0.25) is 0 Å². The van der Waals surface area contributed by atoms with Gasteiger partial charge in [0, 0.05) is 13.2 Å². The highest BCUT2D eigenvalue weighted by molar-refractivity contribution is 5.98. The van der Waals surface area contributed by atoms with Gasteiger partial charge >= 0.3 is 0 Å². The summed E-state index contributed by atoms with van der Waals surface area (Å²) in [5, 5.41) is 12.8. The Morgan fingerprint density at radius 2 is 2.10 bits per heavy atom. The number of guanidine groups is 1. The Morgan fingerprint density at radius 1 is 1.21 bits per heavy atom. The minimum absolute atomic E-state index is 0.133. The largest absolute Gasteiger partial charge is 0.497 e. The number of anilines is 1. The molecule has 5 rings (SSSR count). The number of imidazole rings is 1. The average Bonchev–Trinajstić information content (AvgIpc) is 3.17.